The maximum absolute atomic E-state index is 11.3. The topological polar surface area (TPSA) is 57.9 Å². The fourth-order valence-electron chi connectivity index (χ4n) is 4.34. The highest BCUT2D eigenvalue weighted by molar-refractivity contribution is 7.21. The van der Waals surface area contributed by atoms with Crippen LogP contribution in [0, 0.1) is 0 Å². The van der Waals surface area contributed by atoms with Gasteiger partial charge in [-0.1, -0.05) is 17.4 Å². The van der Waals surface area contributed by atoms with Gasteiger partial charge in [0.05, 0.1) is 15.9 Å². The molecule has 0 aliphatic carbocycles. The molecule has 2 aliphatic rings. The molecule has 2 aliphatic heterocycles. The van der Waals surface area contributed by atoms with Gasteiger partial charge in [-0.15, -0.1) is 10.2 Å². The Bertz CT molecular complexity index is 1070. The molecular weight excluding hydrogens is 368 g/mol. The summed E-state index contributed by atoms with van der Waals surface area (Å²) in [6.45, 7) is 3.97. The molecule has 1 aromatic heterocycles. The van der Waals surface area contributed by atoms with Crippen LogP contribution in [0.25, 0.3) is 10.2 Å². The van der Waals surface area contributed by atoms with Gasteiger partial charge in [0, 0.05) is 25.2 Å². The first-order chi connectivity index (χ1) is 13.7. The molecule has 0 bridgehead atoms. The van der Waals surface area contributed by atoms with E-state index in [4.69, 9.17) is 0 Å². The van der Waals surface area contributed by atoms with Crippen molar-refractivity contribution in [1.29, 1.82) is 0 Å². The smallest absolute Gasteiger partial charge is 0.231 e. The normalized spacial score (nSPS) is 16.0. The summed E-state index contributed by atoms with van der Waals surface area (Å²) in [6.07, 6.45) is 5.14. The van der Waals surface area contributed by atoms with Gasteiger partial charge >= 0.3 is 0 Å². The van der Waals surface area contributed by atoms with Gasteiger partial charge in [0.25, 0.3) is 0 Å². The molecule has 0 saturated heterocycles. The highest BCUT2D eigenvalue weighted by Gasteiger charge is 2.24. The number of azo groups is 1. The third-order valence-electron chi connectivity index (χ3n) is 5.46. The number of ketones is 1. The molecular formula is C22H22N4OS. The zero-order valence-corrected chi connectivity index (χ0v) is 16.8. The van der Waals surface area contributed by atoms with Crippen LogP contribution < -0.4 is 4.90 Å². The predicted molar refractivity (Wildman–Crippen MR) is 113 cm³/mol. The van der Waals surface area contributed by atoms with E-state index in [1.807, 2.05) is 18.2 Å². The van der Waals surface area contributed by atoms with Crippen LogP contribution in [-0.2, 0) is 24.1 Å². The Hall–Kier alpha value is -2.60. The number of hydrogen-bond donors (Lipinski definition) is 0. The van der Waals surface area contributed by atoms with E-state index in [-0.39, 0.29) is 5.78 Å². The average Bonchev–Trinajstić information content (AvgIpc) is 3.08. The fourth-order valence-corrected chi connectivity index (χ4v) is 5.19. The van der Waals surface area contributed by atoms with Crippen molar-refractivity contribution >= 4 is 43.8 Å². The van der Waals surface area contributed by atoms with Crippen molar-refractivity contribution in [2.24, 2.45) is 10.2 Å². The molecule has 0 atom stereocenters. The molecule has 0 saturated carbocycles. The molecule has 6 heteroatoms. The SMILES string of the molecule is CC(=O)Cc1ccc2nc(N=Nc3cc4c5c(c3)CCCN5CCC4)sc2c1. The summed E-state index contributed by atoms with van der Waals surface area (Å²) >= 11 is 1.52. The number of aryl methyl sites for hydroxylation is 2. The van der Waals surface area contributed by atoms with Gasteiger partial charge in [0.15, 0.2) is 0 Å². The van der Waals surface area contributed by atoms with Crippen LogP contribution >= 0.6 is 11.3 Å². The number of carbonyl (C=O) groups excluding carboxylic acids is 1. The standard InChI is InChI=1S/C22H22N4OS/c1-14(27)10-15-6-7-19-20(11-15)28-22(23-19)25-24-18-12-16-4-2-8-26-9-3-5-17(13-18)21(16)26/h6-7,11-13H,2-5,8-10H2,1H3. The second kappa shape index (κ2) is 7.09. The van der Waals surface area contributed by atoms with Crippen molar-refractivity contribution in [2.45, 2.75) is 39.0 Å². The number of fused-ring (bicyclic) bond motifs is 1. The summed E-state index contributed by atoms with van der Waals surface area (Å²) in [5.41, 5.74) is 7.13. The second-order valence-corrected chi connectivity index (χ2v) is 8.69. The number of hydrogen-bond acceptors (Lipinski definition) is 6. The first kappa shape index (κ1) is 17.5. The lowest BCUT2D eigenvalue weighted by molar-refractivity contribution is -0.116. The number of thiazole rings is 1. The van der Waals surface area contributed by atoms with E-state index < -0.39 is 0 Å². The van der Waals surface area contributed by atoms with Crippen molar-refractivity contribution in [3.8, 4) is 0 Å². The minimum atomic E-state index is 0.165. The molecule has 142 valence electrons. The molecule has 0 fully saturated rings. The first-order valence-electron chi connectivity index (χ1n) is 9.87. The van der Waals surface area contributed by atoms with Crippen LogP contribution in [-0.4, -0.2) is 23.9 Å². The molecule has 5 rings (SSSR count). The summed E-state index contributed by atoms with van der Waals surface area (Å²) in [5.74, 6) is 0.165. The summed E-state index contributed by atoms with van der Waals surface area (Å²) in [6, 6.07) is 10.3. The van der Waals surface area contributed by atoms with Gasteiger partial charge in [-0.25, -0.2) is 4.98 Å². The van der Waals surface area contributed by atoms with Gasteiger partial charge in [-0.2, -0.15) is 0 Å². The number of anilines is 1. The third kappa shape index (κ3) is 3.33. The number of rotatable bonds is 4. The van der Waals surface area contributed by atoms with Crippen LogP contribution in [0.4, 0.5) is 16.5 Å². The first-order valence-corrected chi connectivity index (χ1v) is 10.7. The van der Waals surface area contributed by atoms with Crippen LogP contribution in [0.1, 0.15) is 36.5 Å². The van der Waals surface area contributed by atoms with Crippen LogP contribution in [0.3, 0.4) is 0 Å². The maximum Gasteiger partial charge on any atom is 0.231 e. The average molecular weight is 391 g/mol. The Balaban J connectivity index is 1.44. The summed E-state index contributed by atoms with van der Waals surface area (Å²) in [5, 5.41) is 9.58. The molecule has 0 radical (unpaired) electrons. The van der Waals surface area contributed by atoms with E-state index in [1.165, 1.54) is 54.1 Å². The summed E-state index contributed by atoms with van der Waals surface area (Å²) < 4.78 is 1.05. The lowest BCUT2D eigenvalue weighted by atomic mass is 9.91. The molecule has 3 aromatic rings. The van der Waals surface area contributed by atoms with Gasteiger partial charge in [-0.05, 0) is 73.6 Å². The number of aromatic nitrogens is 1. The number of carbonyl (C=O) groups is 1. The minimum absolute atomic E-state index is 0.165. The second-order valence-electron chi connectivity index (χ2n) is 7.68. The zero-order chi connectivity index (χ0) is 19.1. The molecule has 0 unspecified atom stereocenters. The molecule has 0 spiro atoms. The molecule has 5 nitrogen and oxygen atoms in total. The van der Waals surface area contributed by atoms with E-state index in [9.17, 15) is 4.79 Å². The minimum Gasteiger partial charge on any atom is -0.371 e. The number of nitrogens with zero attached hydrogens (tertiary/aromatic N) is 4. The Kier molecular flexibility index (Phi) is 4.43. The molecule has 28 heavy (non-hydrogen) atoms. The quantitative estimate of drug-likeness (QED) is 0.549. The number of Topliss-reactive ketones (excluding diaryl/α,β-unsaturated/α-hetero) is 1. The largest absolute Gasteiger partial charge is 0.371 e. The Morgan fingerprint density at radius 3 is 2.57 bits per heavy atom. The Labute approximate surface area is 168 Å². The van der Waals surface area contributed by atoms with Crippen LogP contribution in [0.15, 0.2) is 40.6 Å². The van der Waals surface area contributed by atoms with Gasteiger partial charge in [0.2, 0.25) is 5.13 Å². The van der Waals surface area contributed by atoms with Gasteiger partial charge in [0.1, 0.15) is 5.78 Å². The fraction of sp³-hybridized carbons (Fsp3) is 0.364. The Morgan fingerprint density at radius 1 is 1.11 bits per heavy atom. The van der Waals surface area contributed by atoms with Crippen LogP contribution in [0.2, 0.25) is 0 Å². The highest BCUT2D eigenvalue weighted by Crippen LogP contribution is 2.38. The number of benzene rings is 2. The van der Waals surface area contributed by atoms with Crippen molar-refractivity contribution < 1.29 is 4.79 Å². The van der Waals surface area contributed by atoms with Crippen molar-refractivity contribution in [1.82, 2.24) is 4.98 Å². The lowest BCUT2D eigenvalue weighted by Crippen LogP contribution is -2.34. The van der Waals surface area contributed by atoms with Gasteiger partial charge < -0.3 is 4.90 Å². The zero-order valence-electron chi connectivity index (χ0n) is 15.9. The monoisotopic (exact) mass is 390 g/mol. The molecule has 2 aromatic carbocycles. The molecule has 0 amide bonds. The summed E-state index contributed by atoms with van der Waals surface area (Å²) in [4.78, 5) is 18.4. The van der Waals surface area contributed by atoms with E-state index in [1.54, 1.807) is 6.92 Å². The van der Waals surface area contributed by atoms with E-state index in [0.717, 1.165) is 34.3 Å². The Morgan fingerprint density at radius 2 is 1.86 bits per heavy atom. The predicted octanol–water partition coefficient (Wildman–Crippen LogP) is 5.54. The van der Waals surface area contributed by atoms with Crippen molar-refractivity contribution in [3.05, 3.63) is 47.0 Å². The molecule has 0 N–H and O–H groups in total. The molecule has 3 heterocycles. The van der Waals surface area contributed by atoms with Crippen LogP contribution in [0.5, 0.6) is 0 Å². The third-order valence-corrected chi connectivity index (χ3v) is 6.37. The maximum atomic E-state index is 11.3. The van der Waals surface area contributed by atoms with Crippen molar-refractivity contribution in [3.63, 3.8) is 0 Å². The van der Waals surface area contributed by atoms with Crippen molar-refractivity contribution in [2.75, 3.05) is 18.0 Å². The highest BCUT2D eigenvalue weighted by atomic mass is 32.1. The van der Waals surface area contributed by atoms with E-state index in [0.29, 0.717) is 11.6 Å². The summed E-state index contributed by atoms with van der Waals surface area (Å²) in [7, 11) is 0. The lowest BCUT2D eigenvalue weighted by Gasteiger charge is -2.36. The van der Waals surface area contributed by atoms with E-state index in [2.05, 4.69) is 32.2 Å². The van der Waals surface area contributed by atoms with E-state index >= 15 is 0 Å². The van der Waals surface area contributed by atoms with Gasteiger partial charge in [-0.3, -0.25) is 4.79 Å².